The number of hydrogen-bond acceptors (Lipinski definition) is 4. The molecule has 2 aromatic rings. The highest BCUT2D eigenvalue weighted by Gasteiger charge is 2.12. The first-order valence-electron chi connectivity index (χ1n) is 7.98. The Bertz CT molecular complexity index is 652. The van der Waals surface area contributed by atoms with E-state index < -0.39 is 0 Å². The molecule has 23 heavy (non-hydrogen) atoms. The molecule has 0 bridgehead atoms. The van der Waals surface area contributed by atoms with Crippen molar-refractivity contribution >= 4 is 5.69 Å². The molecule has 1 heterocycles. The normalized spacial score (nSPS) is 11.0. The molecule has 0 fully saturated rings. The Morgan fingerprint density at radius 2 is 1.61 bits per heavy atom. The van der Waals surface area contributed by atoms with Gasteiger partial charge in [-0.1, -0.05) is 0 Å². The summed E-state index contributed by atoms with van der Waals surface area (Å²) in [6.07, 6.45) is 2.03. The number of nitrogens with zero attached hydrogens (tertiary/aromatic N) is 2. The summed E-state index contributed by atoms with van der Waals surface area (Å²) in [5.41, 5.74) is 2.97. The molecule has 124 valence electrons. The van der Waals surface area contributed by atoms with Crippen molar-refractivity contribution in [3.63, 3.8) is 0 Å². The second kappa shape index (κ2) is 7.36. The molecule has 0 atom stereocenters. The van der Waals surface area contributed by atoms with Crippen LogP contribution < -0.4 is 14.4 Å². The fourth-order valence-electron chi connectivity index (χ4n) is 2.26. The van der Waals surface area contributed by atoms with Crippen LogP contribution in [-0.2, 0) is 0 Å². The summed E-state index contributed by atoms with van der Waals surface area (Å²) in [5, 5.41) is 0. The van der Waals surface area contributed by atoms with Gasteiger partial charge in [-0.05, 0) is 52.0 Å². The number of anilines is 1. The summed E-state index contributed by atoms with van der Waals surface area (Å²) < 4.78 is 11.8. The lowest BCUT2D eigenvalue weighted by Crippen LogP contribution is -2.10. The second-order valence-corrected chi connectivity index (χ2v) is 6.28. The van der Waals surface area contributed by atoms with Gasteiger partial charge >= 0.3 is 0 Å². The molecule has 0 radical (unpaired) electrons. The van der Waals surface area contributed by atoms with Crippen LogP contribution in [0.3, 0.4) is 0 Å². The van der Waals surface area contributed by atoms with E-state index in [9.17, 15) is 0 Å². The van der Waals surface area contributed by atoms with Crippen LogP contribution in [0.25, 0.3) is 11.3 Å². The van der Waals surface area contributed by atoms with Crippen LogP contribution in [0.4, 0.5) is 5.69 Å². The standard InChI is InChI=1S/C19H26N2O2/c1-13(2)22-16-7-8-17(19(12-16)23-14(3)4)18-11-15(21(5)6)9-10-20-18/h7-14H,1-6H3. The molecular formula is C19H26N2O2. The second-order valence-electron chi connectivity index (χ2n) is 6.28. The van der Waals surface area contributed by atoms with Crippen LogP contribution in [0.2, 0.25) is 0 Å². The van der Waals surface area contributed by atoms with Crippen molar-refractivity contribution in [1.82, 2.24) is 4.98 Å². The third-order valence-corrected chi connectivity index (χ3v) is 3.22. The first kappa shape index (κ1) is 17.1. The predicted molar refractivity (Wildman–Crippen MR) is 95.5 cm³/mol. The van der Waals surface area contributed by atoms with Gasteiger partial charge in [0.2, 0.25) is 0 Å². The number of pyridine rings is 1. The van der Waals surface area contributed by atoms with Gasteiger partial charge in [-0.3, -0.25) is 4.98 Å². The molecule has 0 aliphatic rings. The third kappa shape index (κ3) is 4.62. The zero-order chi connectivity index (χ0) is 17.0. The first-order valence-corrected chi connectivity index (χ1v) is 7.98. The average molecular weight is 314 g/mol. The number of hydrogen-bond donors (Lipinski definition) is 0. The Balaban J connectivity index is 2.45. The average Bonchev–Trinajstić information content (AvgIpc) is 2.46. The SMILES string of the molecule is CC(C)Oc1ccc(-c2cc(N(C)C)ccn2)c(OC(C)C)c1. The predicted octanol–water partition coefficient (Wildman–Crippen LogP) is 4.39. The molecule has 2 rings (SSSR count). The molecule has 0 aliphatic heterocycles. The summed E-state index contributed by atoms with van der Waals surface area (Å²) in [5.74, 6) is 1.60. The van der Waals surface area contributed by atoms with Crippen molar-refractivity contribution in [2.45, 2.75) is 39.9 Å². The Morgan fingerprint density at radius 1 is 0.913 bits per heavy atom. The van der Waals surface area contributed by atoms with E-state index in [0.29, 0.717) is 0 Å². The van der Waals surface area contributed by atoms with Crippen molar-refractivity contribution < 1.29 is 9.47 Å². The first-order chi connectivity index (χ1) is 10.9. The molecule has 0 spiro atoms. The van der Waals surface area contributed by atoms with Gasteiger partial charge in [0.05, 0.1) is 17.9 Å². The van der Waals surface area contributed by atoms with E-state index in [0.717, 1.165) is 28.4 Å². The van der Waals surface area contributed by atoms with Gasteiger partial charge in [0.1, 0.15) is 11.5 Å². The highest BCUT2D eigenvalue weighted by atomic mass is 16.5. The third-order valence-electron chi connectivity index (χ3n) is 3.22. The van der Waals surface area contributed by atoms with Gasteiger partial charge in [0.15, 0.2) is 0 Å². The maximum Gasteiger partial charge on any atom is 0.132 e. The van der Waals surface area contributed by atoms with E-state index in [4.69, 9.17) is 9.47 Å². The Hall–Kier alpha value is -2.23. The Labute approximate surface area is 139 Å². The lowest BCUT2D eigenvalue weighted by atomic mass is 10.1. The molecule has 0 unspecified atom stereocenters. The van der Waals surface area contributed by atoms with E-state index >= 15 is 0 Å². The van der Waals surface area contributed by atoms with Crippen LogP contribution in [-0.4, -0.2) is 31.3 Å². The van der Waals surface area contributed by atoms with Gasteiger partial charge in [-0.2, -0.15) is 0 Å². The van der Waals surface area contributed by atoms with E-state index in [1.54, 1.807) is 0 Å². The zero-order valence-corrected chi connectivity index (χ0v) is 14.8. The minimum Gasteiger partial charge on any atom is -0.491 e. The van der Waals surface area contributed by atoms with Gasteiger partial charge in [-0.25, -0.2) is 0 Å². The Kier molecular flexibility index (Phi) is 5.48. The minimum atomic E-state index is 0.0834. The van der Waals surface area contributed by atoms with Crippen molar-refractivity contribution in [3.05, 3.63) is 36.5 Å². The van der Waals surface area contributed by atoms with E-state index in [1.165, 1.54) is 0 Å². The molecule has 0 saturated heterocycles. The van der Waals surface area contributed by atoms with Gasteiger partial charge in [0.25, 0.3) is 0 Å². The molecule has 0 N–H and O–H groups in total. The molecule has 0 saturated carbocycles. The molecule has 0 amide bonds. The molecule has 0 aliphatic carbocycles. The lowest BCUT2D eigenvalue weighted by Gasteiger charge is -2.18. The maximum atomic E-state index is 5.99. The van der Waals surface area contributed by atoms with Crippen LogP contribution in [0.15, 0.2) is 36.5 Å². The van der Waals surface area contributed by atoms with Crippen molar-refractivity contribution in [1.29, 1.82) is 0 Å². The number of benzene rings is 1. The quantitative estimate of drug-likeness (QED) is 0.792. The Morgan fingerprint density at radius 3 is 2.22 bits per heavy atom. The van der Waals surface area contributed by atoms with Gasteiger partial charge in [0, 0.05) is 37.6 Å². The van der Waals surface area contributed by atoms with Gasteiger partial charge < -0.3 is 14.4 Å². The van der Waals surface area contributed by atoms with Gasteiger partial charge in [-0.15, -0.1) is 0 Å². The molecule has 4 heteroatoms. The zero-order valence-electron chi connectivity index (χ0n) is 14.8. The van der Waals surface area contributed by atoms with Crippen molar-refractivity contribution in [2.24, 2.45) is 0 Å². The van der Waals surface area contributed by atoms with Crippen molar-refractivity contribution in [3.8, 4) is 22.8 Å². The summed E-state index contributed by atoms with van der Waals surface area (Å²) >= 11 is 0. The topological polar surface area (TPSA) is 34.6 Å². The summed E-state index contributed by atoms with van der Waals surface area (Å²) in [7, 11) is 4.04. The van der Waals surface area contributed by atoms with E-state index in [-0.39, 0.29) is 12.2 Å². The number of ether oxygens (including phenoxy) is 2. The largest absolute Gasteiger partial charge is 0.491 e. The highest BCUT2D eigenvalue weighted by molar-refractivity contribution is 5.71. The summed E-state index contributed by atoms with van der Waals surface area (Å²) in [6.45, 7) is 8.06. The molecule has 4 nitrogen and oxygen atoms in total. The fourth-order valence-corrected chi connectivity index (χ4v) is 2.26. The van der Waals surface area contributed by atoms with Crippen molar-refractivity contribution in [2.75, 3.05) is 19.0 Å². The molecule has 1 aromatic carbocycles. The van der Waals surface area contributed by atoms with Crippen LogP contribution >= 0.6 is 0 Å². The molecular weight excluding hydrogens is 288 g/mol. The van der Waals surface area contributed by atoms with Crippen LogP contribution in [0.5, 0.6) is 11.5 Å². The smallest absolute Gasteiger partial charge is 0.132 e. The highest BCUT2D eigenvalue weighted by Crippen LogP contribution is 2.34. The van der Waals surface area contributed by atoms with E-state index in [1.807, 2.05) is 72.3 Å². The summed E-state index contributed by atoms with van der Waals surface area (Å²) in [4.78, 5) is 6.56. The fraction of sp³-hybridized carbons (Fsp3) is 0.421. The van der Waals surface area contributed by atoms with Crippen LogP contribution in [0, 0.1) is 0 Å². The maximum absolute atomic E-state index is 5.99. The minimum absolute atomic E-state index is 0.0834. The molecule has 1 aromatic heterocycles. The lowest BCUT2D eigenvalue weighted by molar-refractivity contribution is 0.230. The monoisotopic (exact) mass is 314 g/mol. The number of rotatable bonds is 6. The number of aromatic nitrogens is 1. The van der Waals surface area contributed by atoms with Crippen LogP contribution in [0.1, 0.15) is 27.7 Å². The van der Waals surface area contributed by atoms with E-state index in [2.05, 4.69) is 16.0 Å². The summed E-state index contributed by atoms with van der Waals surface area (Å²) in [6, 6.07) is 9.97.